The predicted octanol–water partition coefficient (Wildman–Crippen LogP) is 5.23. The standard InChI is InChI=1S/C37H54N4O7/c1-8-12-24(31(43)33(38)44)18-30(42)29-20-37(19-28(40-48-37)25-16-22(3)27(13-9-2)23(4)17-25)21-41(29)34(45)32(36(5,6)7)39-35(46)47-26-14-10-11-15-26/h16-17,24,26,29,32H,8-15,18-21H2,1-7H3,(H2,38,44)(H,39,46)/t24-,29+,32-,37-/m1/s1. The molecule has 1 saturated heterocycles. The first kappa shape index (κ1) is 37.1. The largest absolute Gasteiger partial charge is 0.446 e. The Labute approximate surface area is 284 Å². The van der Waals surface area contributed by atoms with E-state index >= 15 is 0 Å². The van der Waals surface area contributed by atoms with Crippen LogP contribution in [-0.4, -0.2) is 70.4 Å². The van der Waals surface area contributed by atoms with Gasteiger partial charge in [-0.15, -0.1) is 0 Å². The number of primary amides is 1. The number of carbonyl (C=O) groups excluding carboxylic acids is 5. The zero-order valence-electron chi connectivity index (χ0n) is 29.8. The lowest BCUT2D eigenvalue weighted by atomic mass is 9.85. The van der Waals surface area contributed by atoms with Crippen molar-refractivity contribution in [2.24, 2.45) is 22.2 Å². The number of Topliss-reactive ketones (excluding diaryl/α,β-unsaturated/α-hetero) is 2. The number of aryl methyl sites for hydroxylation is 2. The molecular formula is C37H54N4O7. The van der Waals surface area contributed by atoms with Crippen LogP contribution in [0.3, 0.4) is 0 Å². The van der Waals surface area contributed by atoms with E-state index in [1.54, 1.807) is 0 Å². The molecule has 11 heteroatoms. The fourth-order valence-electron chi connectivity index (χ4n) is 7.52. The number of carbonyl (C=O) groups is 5. The van der Waals surface area contributed by atoms with Crippen molar-refractivity contribution in [3.05, 3.63) is 34.4 Å². The van der Waals surface area contributed by atoms with Crippen LogP contribution in [0, 0.1) is 25.2 Å². The van der Waals surface area contributed by atoms with E-state index in [9.17, 15) is 24.0 Å². The van der Waals surface area contributed by atoms with Gasteiger partial charge in [-0.05, 0) is 92.2 Å². The molecule has 0 unspecified atom stereocenters. The monoisotopic (exact) mass is 666 g/mol. The van der Waals surface area contributed by atoms with Crippen molar-refractivity contribution in [2.75, 3.05) is 6.54 Å². The van der Waals surface area contributed by atoms with Gasteiger partial charge in [0.15, 0.2) is 11.4 Å². The number of nitrogens with two attached hydrogens (primary N) is 1. The van der Waals surface area contributed by atoms with Crippen LogP contribution in [0.1, 0.15) is 121 Å². The number of rotatable bonds is 13. The topological polar surface area (TPSA) is 157 Å². The van der Waals surface area contributed by atoms with E-state index in [2.05, 4.69) is 43.4 Å². The van der Waals surface area contributed by atoms with E-state index in [4.69, 9.17) is 15.3 Å². The van der Waals surface area contributed by atoms with Gasteiger partial charge in [-0.3, -0.25) is 19.2 Å². The lowest BCUT2D eigenvalue weighted by molar-refractivity contribution is -0.143. The average molecular weight is 667 g/mol. The van der Waals surface area contributed by atoms with Crippen LogP contribution in [0.4, 0.5) is 4.79 Å². The summed E-state index contributed by atoms with van der Waals surface area (Å²) < 4.78 is 5.64. The highest BCUT2D eigenvalue weighted by Crippen LogP contribution is 2.41. The van der Waals surface area contributed by atoms with Gasteiger partial charge in [0.25, 0.3) is 5.91 Å². The summed E-state index contributed by atoms with van der Waals surface area (Å²) in [5.74, 6) is -3.55. The van der Waals surface area contributed by atoms with E-state index < -0.39 is 52.7 Å². The SMILES string of the molecule is CCCc1c(C)cc(C2=NO[C@]3(C2)C[C@@H](C(=O)C[C@@H](CCC)C(=O)C(N)=O)N(C(=O)[C@@H](NC(=O)OC2CCCC2)C(C)(C)C)C3)cc1C. The normalized spacial score (nSPS) is 22.3. The summed E-state index contributed by atoms with van der Waals surface area (Å²) in [6.07, 6.45) is 5.92. The van der Waals surface area contributed by atoms with Crippen molar-refractivity contribution in [2.45, 2.75) is 143 Å². The summed E-state index contributed by atoms with van der Waals surface area (Å²) in [4.78, 5) is 73.7. The average Bonchev–Trinajstić information content (AvgIpc) is 3.77. The summed E-state index contributed by atoms with van der Waals surface area (Å²) in [6.45, 7) is 13.8. The number of likely N-dealkylation sites (tertiary alicyclic amines) is 1. The van der Waals surface area contributed by atoms with Gasteiger partial charge in [-0.25, -0.2) is 4.79 Å². The van der Waals surface area contributed by atoms with E-state index in [1.807, 2.05) is 27.7 Å². The van der Waals surface area contributed by atoms with E-state index in [1.165, 1.54) is 21.6 Å². The van der Waals surface area contributed by atoms with Crippen molar-refractivity contribution >= 4 is 35.2 Å². The van der Waals surface area contributed by atoms with Gasteiger partial charge in [-0.2, -0.15) is 0 Å². The first-order valence-corrected chi connectivity index (χ1v) is 17.6. The summed E-state index contributed by atoms with van der Waals surface area (Å²) >= 11 is 0. The summed E-state index contributed by atoms with van der Waals surface area (Å²) in [5, 5.41) is 7.30. The second-order valence-electron chi connectivity index (χ2n) is 15.2. The molecule has 1 aliphatic carbocycles. The molecule has 4 rings (SSSR count). The molecule has 1 aromatic carbocycles. The highest BCUT2D eigenvalue weighted by atomic mass is 16.7. The first-order valence-electron chi connectivity index (χ1n) is 17.6. The summed E-state index contributed by atoms with van der Waals surface area (Å²) in [7, 11) is 0. The summed E-state index contributed by atoms with van der Waals surface area (Å²) in [6, 6.07) is 2.26. The number of nitrogens with zero attached hydrogens (tertiary/aromatic N) is 2. The maximum absolute atomic E-state index is 14.5. The molecule has 1 aromatic rings. The molecule has 264 valence electrons. The van der Waals surface area contributed by atoms with Crippen molar-refractivity contribution in [3.8, 4) is 0 Å². The Morgan fingerprint density at radius 1 is 1.08 bits per heavy atom. The maximum atomic E-state index is 14.5. The number of ether oxygens (including phenoxy) is 1. The molecule has 2 aliphatic heterocycles. The third-order valence-corrected chi connectivity index (χ3v) is 10.1. The molecule has 1 spiro atoms. The van der Waals surface area contributed by atoms with Gasteiger partial charge in [0.05, 0.1) is 18.3 Å². The Bertz CT molecular complexity index is 1420. The molecule has 3 amide bonds. The van der Waals surface area contributed by atoms with Crippen molar-refractivity contribution < 1.29 is 33.5 Å². The van der Waals surface area contributed by atoms with Crippen molar-refractivity contribution in [1.29, 1.82) is 0 Å². The Morgan fingerprint density at radius 2 is 1.73 bits per heavy atom. The molecule has 3 aliphatic rings. The number of oxime groups is 1. The Balaban J connectivity index is 1.63. The Hall–Kier alpha value is -3.76. The van der Waals surface area contributed by atoms with Crippen molar-refractivity contribution in [1.82, 2.24) is 10.2 Å². The molecule has 0 radical (unpaired) electrons. The van der Waals surface area contributed by atoms with Gasteiger partial charge in [-0.1, -0.05) is 52.6 Å². The van der Waals surface area contributed by atoms with Gasteiger partial charge in [0.1, 0.15) is 12.1 Å². The second kappa shape index (κ2) is 15.2. The van der Waals surface area contributed by atoms with Gasteiger partial charge >= 0.3 is 6.09 Å². The van der Waals surface area contributed by atoms with Crippen LogP contribution in [-0.2, 0) is 35.2 Å². The molecule has 0 bridgehead atoms. The quantitative estimate of drug-likeness (QED) is 0.273. The van der Waals surface area contributed by atoms with E-state index in [-0.39, 0.29) is 31.3 Å². The molecule has 0 aromatic heterocycles. The van der Waals surface area contributed by atoms with Crippen LogP contribution in [0.2, 0.25) is 0 Å². The van der Waals surface area contributed by atoms with Crippen LogP contribution >= 0.6 is 0 Å². The van der Waals surface area contributed by atoms with E-state index in [0.29, 0.717) is 19.3 Å². The molecule has 11 nitrogen and oxygen atoms in total. The number of amides is 3. The lowest BCUT2D eigenvalue weighted by Crippen LogP contribution is -2.57. The Morgan fingerprint density at radius 3 is 2.29 bits per heavy atom. The Kier molecular flexibility index (Phi) is 11.7. The number of benzene rings is 1. The predicted molar refractivity (Wildman–Crippen MR) is 182 cm³/mol. The third-order valence-electron chi connectivity index (χ3n) is 10.1. The fourth-order valence-corrected chi connectivity index (χ4v) is 7.52. The first-order chi connectivity index (χ1) is 22.6. The minimum Gasteiger partial charge on any atom is -0.446 e. The zero-order valence-corrected chi connectivity index (χ0v) is 29.8. The molecule has 48 heavy (non-hydrogen) atoms. The fraction of sp³-hybridized carbons (Fsp3) is 0.676. The second-order valence-corrected chi connectivity index (χ2v) is 15.2. The van der Waals surface area contributed by atoms with Gasteiger partial charge in [0.2, 0.25) is 11.7 Å². The van der Waals surface area contributed by atoms with Crippen molar-refractivity contribution in [3.63, 3.8) is 0 Å². The van der Waals surface area contributed by atoms with Crippen LogP contribution in [0.5, 0.6) is 0 Å². The number of hydrogen-bond acceptors (Lipinski definition) is 8. The lowest BCUT2D eigenvalue weighted by Gasteiger charge is -2.35. The number of ketones is 2. The number of alkyl carbamates (subject to hydrolysis) is 1. The molecule has 4 atom stereocenters. The van der Waals surface area contributed by atoms with Crippen LogP contribution < -0.4 is 11.1 Å². The summed E-state index contributed by atoms with van der Waals surface area (Å²) in [5.41, 5.74) is 8.97. The minimum atomic E-state index is -1.08. The number of hydrogen-bond donors (Lipinski definition) is 2. The highest BCUT2D eigenvalue weighted by Gasteiger charge is 2.55. The van der Waals surface area contributed by atoms with Gasteiger partial charge < -0.3 is 25.5 Å². The van der Waals surface area contributed by atoms with Crippen LogP contribution in [0.15, 0.2) is 17.3 Å². The smallest absolute Gasteiger partial charge is 0.408 e. The highest BCUT2D eigenvalue weighted by molar-refractivity contribution is 6.36. The third kappa shape index (κ3) is 8.44. The maximum Gasteiger partial charge on any atom is 0.408 e. The molecule has 3 N–H and O–H groups in total. The molecular weight excluding hydrogens is 612 g/mol. The molecule has 1 saturated carbocycles. The molecule has 2 fully saturated rings. The van der Waals surface area contributed by atoms with Gasteiger partial charge in [0, 0.05) is 25.2 Å². The minimum absolute atomic E-state index is 0.0647. The van der Waals surface area contributed by atoms with E-state index in [0.717, 1.165) is 49.8 Å². The van der Waals surface area contributed by atoms with Crippen LogP contribution in [0.25, 0.3) is 0 Å². The molecule has 2 heterocycles. The zero-order chi connectivity index (χ0) is 35.4. The number of nitrogens with one attached hydrogen (secondary N) is 1.